The van der Waals surface area contributed by atoms with Crippen molar-refractivity contribution in [2.75, 3.05) is 0 Å². The van der Waals surface area contributed by atoms with Crippen LogP contribution < -0.4 is 0 Å². The summed E-state index contributed by atoms with van der Waals surface area (Å²) in [6.45, 7) is 0. The molecule has 0 radical (unpaired) electrons. The van der Waals surface area contributed by atoms with Crippen LogP contribution in [0.1, 0.15) is 0 Å². The molecule has 1 N–H and O–H groups in total. The molecule has 0 saturated carbocycles. The Labute approximate surface area is 77.6 Å². The Morgan fingerprint density at radius 1 is 1.29 bits per heavy atom. The van der Waals surface area contributed by atoms with Gasteiger partial charge in [0.2, 0.25) is 0 Å². The summed E-state index contributed by atoms with van der Waals surface area (Å²) >= 11 is 0. The predicted molar refractivity (Wildman–Crippen MR) is 40.3 cm³/mol. The smallest absolute Gasteiger partial charge is 0.325 e. The second-order valence-corrected chi connectivity index (χ2v) is 4.08. The van der Waals surface area contributed by atoms with Crippen LogP contribution in [-0.2, 0) is 19.7 Å². The van der Waals surface area contributed by atoms with Crippen molar-refractivity contribution in [1.82, 2.24) is 0 Å². The average molecular weight is 214 g/mol. The minimum atomic E-state index is -4.72. The maximum atomic E-state index is 11.2. The van der Waals surface area contributed by atoms with Crippen LogP contribution in [-0.4, -0.2) is 29.2 Å². The highest BCUT2D eigenvalue weighted by atomic mass is 32.2. The third-order valence-corrected chi connectivity index (χ3v) is 2.67. The van der Waals surface area contributed by atoms with Crippen LogP contribution >= 0.6 is 0 Å². The molecule has 0 aromatic carbocycles. The average Bonchev–Trinajstić information content (AvgIpc) is 2.69. The van der Waals surface area contributed by atoms with Crippen molar-refractivity contribution in [2.45, 2.75) is 0 Å². The molecular weight excluding hydrogens is 212 g/mol. The largest absolute Gasteiger partial charge is 0.493 e. The molecule has 0 fully saturated rings. The first kappa shape index (κ1) is 8.91. The molecule has 0 bridgehead atoms. The topological polar surface area (TPSA) is 114 Å². The second-order valence-electron chi connectivity index (χ2n) is 2.69. The molecule has 0 aromatic rings. The molecule has 1 heterocycles. The van der Waals surface area contributed by atoms with Gasteiger partial charge in [0.05, 0.1) is 0 Å². The third-order valence-electron chi connectivity index (χ3n) is 1.81. The van der Waals surface area contributed by atoms with E-state index in [1.807, 2.05) is 0 Å². The number of hydrogen-bond acceptors (Lipinski definition) is 4. The van der Waals surface area contributed by atoms with Crippen LogP contribution in [0.15, 0.2) is 22.4 Å². The molecular formula is C6H2N2O5S. The molecule has 0 unspecified atom stereocenters. The lowest BCUT2D eigenvalue weighted by atomic mass is 10.2. The molecule has 72 valence electrons. The molecule has 0 spiro atoms. The van der Waals surface area contributed by atoms with Gasteiger partial charge in [0.15, 0.2) is 4.91 Å². The van der Waals surface area contributed by atoms with Crippen LogP contribution in [0.25, 0.3) is 5.53 Å². The molecule has 7 nitrogen and oxygen atoms in total. The molecule has 2 aliphatic rings. The van der Waals surface area contributed by atoms with Crippen molar-refractivity contribution in [2.24, 2.45) is 0 Å². The number of hydrogen-bond donors (Lipinski definition) is 1. The highest BCUT2D eigenvalue weighted by Gasteiger charge is 2.55. The molecule has 0 atom stereocenters. The second kappa shape index (κ2) is 2.22. The van der Waals surface area contributed by atoms with Crippen molar-refractivity contribution in [3.8, 4) is 0 Å². The number of ketones is 2. The maximum absolute atomic E-state index is 11.2. The molecule has 2 rings (SSSR count). The fourth-order valence-electron chi connectivity index (χ4n) is 1.14. The van der Waals surface area contributed by atoms with E-state index in [0.717, 1.165) is 0 Å². The number of carbonyl (C=O) groups is 2. The normalized spacial score (nSPS) is 20.9. The van der Waals surface area contributed by atoms with Crippen molar-refractivity contribution < 1.29 is 27.3 Å². The summed E-state index contributed by atoms with van der Waals surface area (Å²) in [5.41, 5.74) is 8.21. The number of Topliss-reactive ketones (excluding diaryl/α,β-unsaturated/α-hetero) is 1. The Bertz CT molecular complexity index is 565. The Morgan fingerprint density at radius 3 is 2.36 bits per heavy atom. The van der Waals surface area contributed by atoms with Crippen LogP contribution in [0.4, 0.5) is 0 Å². The number of rotatable bonds is 1. The van der Waals surface area contributed by atoms with Gasteiger partial charge in [-0.05, 0) is 0 Å². The van der Waals surface area contributed by atoms with Gasteiger partial charge in [-0.15, -0.1) is 0 Å². The first-order chi connectivity index (χ1) is 6.34. The Kier molecular flexibility index (Phi) is 1.41. The van der Waals surface area contributed by atoms with E-state index < -0.39 is 32.3 Å². The summed E-state index contributed by atoms with van der Waals surface area (Å²) in [7, 11) is -4.72. The zero-order valence-electron chi connectivity index (χ0n) is 6.46. The summed E-state index contributed by atoms with van der Waals surface area (Å²) in [6, 6.07) is 0. The van der Waals surface area contributed by atoms with E-state index in [-0.39, 0.29) is 5.70 Å². The van der Waals surface area contributed by atoms with Gasteiger partial charge in [-0.1, -0.05) is 0 Å². The van der Waals surface area contributed by atoms with Crippen molar-refractivity contribution >= 4 is 21.7 Å². The lowest BCUT2D eigenvalue weighted by Crippen LogP contribution is -2.15. The molecule has 1 aliphatic carbocycles. The summed E-state index contributed by atoms with van der Waals surface area (Å²) in [4.78, 5) is 21.1. The Morgan fingerprint density at radius 2 is 1.86 bits per heavy atom. The Hall–Kier alpha value is -1.67. The zero-order chi connectivity index (χ0) is 10.7. The third kappa shape index (κ3) is 0.978. The quantitative estimate of drug-likeness (QED) is 0.347. The lowest BCUT2D eigenvalue weighted by molar-refractivity contribution is -0.341. The summed E-state index contributed by atoms with van der Waals surface area (Å²) in [5, 5.41) is 0. The number of nitrogens with zero attached hydrogens (tertiary/aromatic N) is 2. The first-order valence-electron chi connectivity index (χ1n) is 3.35. The molecule has 0 saturated heterocycles. The van der Waals surface area contributed by atoms with Gasteiger partial charge in [-0.25, -0.2) is 4.70 Å². The standard InChI is InChI=1S/C6H2N2O5S/c7-8-4-2(9)1-3(14(11,12)13)6(10)5(4)8/h1H,(H,11,12,13). The first-order valence-corrected chi connectivity index (χ1v) is 4.79. The van der Waals surface area contributed by atoms with Crippen molar-refractivity contribution in [3.63, 3.8) is 0 Å². The maximum Gasteiger partial charge on any atom is 0.325 e. The number of carbonyl (C=O) groups excluding carboxylic acids is 2. The molecule has 8 heteroatoms. The van der Waals surface area contributed by atoms with Crippen LogP contribution in [0.2, 0.25) is 0 Å². The molecule has 0 amide bonds. The van der Waals surface area contributed by atoms with E-state index in [4.69, 9.17) is 10.1 Å². The van der Waals surface area contributed by atoms with Gasteiger partial charge >= 0.3 is 11.4 Å². The van der Waals surface area contributed by atoms with Crippen molar-refractivity contribution in [1.29, 1.82) is 0 Å². The summed E-state index contributed by atoms with van der Waals surface area (Å²) in [5.74, 6) is -1.90. The zero-order valence-corrected chi connectivity index (χ0v) is 7.28. The summed E-state index contributed by atoms with van der Waals surface area (Å²) in [6.07, 6.45) is 0.479. The van der Waals surface area contributed by atoms with Gasteiger partial charge in [-0.2, -0.15) is 8.42 Å². The fraction of sp³-hybridized carbons (Fsp3) is 0. The van der Waals surface area contributed by atoms with E-state index in [1.54, 1.807) is 0 Å². The summed E-state index contributed by atoms with van der Waals surface area (Å²) < 4.78 is 30.1. The number of allylic oxidation sites excluding steroid dienone is 2. The van der Waals surface area contributed by atoms with Crippen LogP contribution in [0.3, 0.4) is 0 Å². The highest BCUT2D eigenvalue weighted by Crippen LogP contribution is 2.35. The van der Waals surface area contributed by atoms with Gasteiger partial charge in [0, 0.05) is 6.08 Å². The van der Waals surface area contributed by atoms with E-state index in [2.05, 4.69) is 0 Å². The highest BCUT2D eigenvalue weighted by molar-refractivity contribution is 7.91. The Balaban J connectivity index is 2.56. The van der Waals surface area contributed by atoms with E-state index in [0.29, 0.717) is 10.8 Å². The fourth-order valence-corrected chi connectivity index (χ4v) is 1.73. The van der Waals surface area contributed by atoms with Gasteiger partial charge in [-0.3, -0.25) is 14.1 Å². The van der Waals surface area contributed by atoms with Gasteiger partial charge < -0.3 is 5.53 Å². The minimum Gasteiger partial charge on any atom is -0.493 e. The molecule has 0 aromatic heterocycles. The predicted octanol–water partition coefficient (Wildman–Crippen LogP) is -0.831. The van der Waals surface area contributed by atoms with E-state index in [1.165, 1.54) is 0 Å². The van der Waals surface area contributed by atoms with Crippen LogP contribution in [0, 0.1) is 0 Å². The monoisotopic (exact) mass is 214 g/mol. The minimum absolute atomic E-state index is 0.248. The molecule has 14 heavy (non-hydrogen) atoms. The lowest BCUT2D eigenvalue weighted by Gasteiger charge is -1.95. The van der Waals surface area contributed by atoms with Crippen LogP contribution in [0.5, 0.6) is 0 Å². The SMILES string of the molecule is [N-]=[N+]1C2=C1C(=O)C(S(=O)(=O)O)=CC2=O. The van der Waals surface area contributed by atoms with Gasteiger partial charge in [0.1, 0.15) is 0 Å². The van der Waals surface area contributed by atoms with E-state index >= 15 is 0 Å². The molecule has 1 aliphatic heterocycles. The van der Waals surface area contributed by atoms with Crippen molar-refractivity contribution in [3.05, 3.63) is 27.9 Å². The van der Waals surface area contributed by atoms with Gasteiger partial charge in [0.25, 0.3) is 21.7 Å². The van der Waals surface area contributed by atoms with E-state index in [9.17, 15) is 18.0 Å².